The van der Waals surface area contributed by atoms with E-state index in [1.54, 1.807) is 25.3 Å². The predicted octanol–water partition coefficient (Wildman–Crippen LogP) is 5.28. The molecule has 2 rings (SSSR count). The zero-order chi connectivity index (χ0) is 28.8. The second kappa shape index (κ2) is 13.0. The summed E-state index contributed by atoms with van der Waals surface area (Å²) in [5, 5.41) is 23.5. The van der Waals surface area contributed by atoms with Crippen molar-refractivity contribution in [2.45, 2.75) is 78.4 Å². The number of aliphatic hydroxyl groups is 2. The Balaban J connectivity index is 2.50. The number of halogens is 3. The number of carbonyl (C=O) groups is 2. The number of nitrogens with zero attached hydrogens (tertiary/aromatic N) is 1. The molecule has 0 aromatic carbocycles. The molecule has 38 heavy (non-hydrogen) atoms. The van der Waals surface area contributed by atoms with Gasteiger partial charge in [-0.15, -0.1) is 0 Å². The van der Waals surface area contributed by atoms with Crippen molar-refractivity contribution in [2.24, 2.45) is 17.3 Å². The molecule has 5 atom stereocenters. The Bertz CT molecular complexity index is 1080. The Morgan fingerprint density at radius 1 is 1.26 bits per heavy atom. The van der Waals surface area contributed by atoms with Gasteiger partial charge in [0.15, 0.2) is 0 Å². The van der Waals surface area contributed by atoms with Crippen molar-refractivity contribution in [3.05, 3.63) is 40.4 Å². The van der Waals surface area contributed by atoms with Crippen LogP contribution in [0.5, 0.6) is 5.19 Å². The number of alkyl halides is 3. The number of ketones is 1. The largest absolute Gasteiger partial charge is 0.473 e. The normalized spacial score (nSPS) is 30.8. The molecule has 1 aliphatic heterocycles. The van der Waals surface area contributed by atoms with E-state index in [1.165, 1.54) is 51.4 Å². The number of hydrogen-bond donors (Lipinski definition) is 2. The summed E-state index contributed by atoms with van der Waals surface area (Å²) in [6.45, 7) is 7.67. The first-order valence-corrected chi connectivity index (χ1v) is 13.2. The van der Waals surface area contributed by atoms with E-state index in [2.05, 4.69) is 4.98 Å². The first kappa shape index (κ1) is 31.7. The maximum absolute atomic E-state index is 13.8. The van der Waals surface area contributed by atoms with Crippen LogP contribution < -0.4 is 4.74 Å². The molecule has 0 spiro atoms. The maximum atomic E-state index is 13.8. The van der Waals surface area contributed by atoms with Crippen molar-refractivity contribution < 1.29 is 42.4 Å². The standard InChI is InChI=1S/C27H36F3NO6S/c1-15-8-7-9-18(27(28,29)30)10-11-20(16(2)12-19-14-38-25(31-19)36-6)37-22(33)13-21(32)26(4,5)24(35)17(3)23(15)34/h7-8,10,12,14-15,17,20-21,23,32,34H,9,11,13H2,1-6H3/b8-7+,16-12+,18-10+/t15-,17+,20-,21-,23-/m0/s1. The molecule has 212 valence electrons. The van der Waals surface area contributed by atoms with E-state index in [1.807, 2.05) is 0 Å². The van der Waals surface area contributed by atoms with Gasteiger partial charge < -0.3 is 19.7 Å². The Hall–Kier alpha value is -2.50. The molecule has 2 heterocycles. The van der Waals surface area contributed by atoms with Crippen molar-refractivity contribution in [3.8, 4) is 5.19 Å². The highest BCUT2D eigenvalue weighted by Gasteiger charge is 2.42. The van der Waals surface area contributed by atoms with Crippen LogP contribution in [-0.2, 0) is 14.3 Å². The van der Waals surface area contributed by atoms with Crippen molar-refractivity contribution in [1.29, 1.82) is 0 Å². The molecule has 7 nitrogen and oxygen atoms in total. The number of esters is 1. The molecule has 0 unspecified atom stereocenters. The zero-order valence-electron chi connectivity index (χ0n) is 22.4. The highest BCUT2D eigenvalue weighted by Crippen LogP contribution is 2.33. The number of carbonyl (C=O) groups excluding carboxylic acids is 2. The summed E-state index contributed by atoms with van der Waals surface area (Å²) in [6.07, 6.45) is -4.29. The van der Waals surface area contributed by atoms with Gasteiger partial charge in [-0.1, -0.05) is 57.3 Å². The smallest absolute Gasteiger partial charge is 0.412 e. The maximum Gasteiger partial charge on any atom is 0.412 e. The van der Waals surface area contributed by atoms with Crippen LogP contribution in [0.15, 0.2) is 34.8 Å². The molecule has 11 heteroatoms. The molecule has 0 bridgehead atoms. The van der Waals surface area contributed by atoms with Gasteiger partial charge in [-0.3, -0.25) is 9.59 Å². The van der Waals surface area contributed by atoms with Gasteiger partial charge in [0.2, 0.25) is 0 Å². The van der Waals surface area contributed by atoms with Crippen LogP contribution in [-0.4, -0.2) is 58.5 Å². The van der Waals surface area contributed by atoms with E-state index >= 15 is 0 Å². The summed E-state index contributed by atoms with van der Waals surface area (Å²) in [6, 6.07) is 0. The topological polar surface area (TPSA) is 106 Å². The van der Waals surface area contributed by atoms with Gasteiger partial charge in [0.25, 0.3) is 5.19 Å². The summed E-state index contributed by atoms with van der Waals surface area (Å²) in [5.41, 5.74) is -1.29. The quantitative estimate of drug-likeness (QED) is 0.383. The van der Waals surface area contributed by atoms with Crippen LogP contribution in [0.3, 0.4) is 0 Å². The second-order valence-electron chi connectivity index (χ2n) is 10.1. The number of Topliss-reactive ketones (excluding diaryl/α,β-unsaturated/α-hetero) is 1. The lowest BCUT2D eigenvalue weighted by molar-refractivity contribution is -0.154. The molecule has 0 aliphatic carbocycles. The average molecular weight is 560 g/mol. The second-order valence-corrected chi connectivity index (χ2v) is 11.0. The molecular formula is C27H36F3NO6S. The molecule has 0 radical (unpaired) electrons. The molecular weight excluding hydrogens is 523 g/mol. The molecule has 1 aromatic rings. The third kappa shape index (κ3) is 8.25. The average Bonchev–Trinajstić information content (AvgIpc) is 3.29. The van der Waals surface area contributed by atoms with Crippen LogP contribution >= 0.6 is 11.3 Å². The minimum absolute atomic E-state index is 0.272. The number of aliphatic hydroxyl groups excluding tert-OH is 2. The number of hydrogen-bond acceptors (Lipinski definition) is 8. The fraction of sp³-hybridized carbons (Fsp3) is 0.593. The molecule has 0 amide bonds. The van der Waals surface area contributed by atoms with Gasteiger partial charge in [0.05, 0.1) is 36.8 Å². The van der Waals surface area contributed by atoms with E-state index in [4.69, 9.17) is 9.47 Å². The van der Waals surface area contributed by atoms with Gasteiger partial charge in [0, 0.05) is 29.2 Å². The lowest BCUT2D eigenvalue weighted by Crippen LogP contribution is -2.45. The number of cyclic esters (lactones) is 1. The lowest BCUT2D eigenvalue weighted by Gasteiger charge is -2.34. The van der Waals surface area contributed by atoms with Crippen LogP contribution in [0, 0.1) is 17.3 Å². The minimum atomic E-state index is -4.63. The lowest BCUT2D eigenvalue weighted by atomic mass is 9.73. The molecule has 1 aliphatic rings. The van der Waals surface area contributed by atoms with Crippen LogP contribution in [0.4, 0.5) is 13.2 Å². The van der Waals surface area contributed by atoms with Crippen molar-refractivity contribution in [2.75, 3.05) is 7.11 Å². The summed E-state index contributed by atoms with van der Waals surface area (Å²) in [5.74, 6) is -2.91. The zero-order valence-corrected chi connectivity index (χ0v) is 23.2. The van der Waals surface area contributed by atoms with Crippen LogP contribution in [0.1, 0.15) is 59.6 Å². The number of rotatable bonds is 3. The molecule has 0 saturated heterocycles. The van der Waals surface area contributed by atoms with Gasteiger partial charge in [-0.05, 0) is 25.0 Å². The number of aromatic nitrogens is 1. The van der Waals surface area contributed by atoms with Crippen LogP contribution in [0.2, 0.25) is 0 Å². The summed E-state index contributed by atoms with van der Waals surface area (Å²) >= 11 is 1.23. The number of allylic oxidation sites excluding steroid dienone is 2. The van der Waals surface area contributed by atoms with Crippen molar-refractivity contribution in [1.82, 2.24) is 4.98 Å². The Morgan fingerprint density at radius 3 is 2.50 bits per heavy atom. The minimum Gasteiger partial charge on any atom is -0.473 e. The summed E-state index contributed by atoms with van der Waals surface area (Å²) < 4.78 is 51.9. The first-order valence-electron chi connectivity index (χ1n) is 12.3. The Labute approximate surface area is 225 Å². The Morgan fingerprint density at radius 2 is 1.92 bits per heavy atom. The van der Waals surface area contributed by atoms with Crippen molar-refractivity contribution >= 4 is 29.2 Å². The van der Waals surface area contributed by atoms with Gasteiger partial charge in [-0.25, -0.2) is 4.98 Å². The van der Waals surface area contributed by atoms with E-state index < -0.39 is 71.9 Å². The van der Waals surface area contributed by atoms with Gasteiger partial charge in [0.1, 0.15) is 11.9 Å². The fourth-order valence-electron chi connectivity index (χ4n) is 4.15. The van der Waals surface area contributed by atoms with Gasteiger partial charge in [-0.2, -0.15) is 13.2 Å². The Kier molecular flexibility index (Phi) is 10.9. The highest BCUT2D eigenvalue weighted by molar-refractivity contribution is 7.11. The van der Waals surface area contributed by atoms with E-state index in [9.17, 15) is 33.0 Å². The fourth-order valence-corrected chi connectivity index (χ4v) is 4.75. The van der Waals surface area contributed by atoms with Crippen LogP contribution in [0.25, 0.3) is 6.08 Å². The SMILES string of the molecule is COc1nc(/C=C(\C)[C@@H]2C/C=C(/C(F)(F)F)C/C=C/[C@H](C)[C@H](O)[C@@H](C)C(=O)C(C)(C)[C@@H](O)CC(=O)O2)cs1. The number of thiazole rings is 1. The number of methoxy groups -OCH3 is 1. The monoisotopic (exact) mass is 559 g/mol. The van der Waals surface area contributed by atoms with E-state index in [0.29, 0.717) is 16.5 Å². The molecule has 2 N–H and O–H groups in total. The third-order valence-corrected chi connectivity index (χ3v) is 7.66. The molecule has 0 fully saturated rings. The predicted molar refractivity (Wildman–Crippen MR) is 138 cm³/mol. The third-order valence-electron chi connectivity index (χ3n) is 6.85. The summed E-state index contributed by atoms with van der Waals surface area (Å²) in [4.78, 5) is 30.2. The van der Waals surface area contributed by atoms with Gasteiger partial charge >= 0.3 is 12.1 Å². The highest BCUT2D eigenvalue weighted by atomic mass is 32.1. The van der Waals surface area contributed by atoms with E-state index in [0.717, 1.165) is 6.08 Å². The molecule has 0 saturated carbocycles. The number of ether oxygens (including phenoxy) is 2. The molecule has 1 aromatic heterocycles. The van der Waals surface area contributed by atoms with E-state index in [-0.39, 0.29) is 6.42 Å². The van der Waals surface area contributed by atoms with Crippen molar-refractivity contribution in [3.63, 3.8) is 0 Å². The summed E-state index contributed by atoms with van der Waals surface area (Å²) in [7, 11) is 1.46. The first-order chi connectivity index (χ1) is 17.6.